The van der Waals surface area contributed by atoms with E-state index < -0.39 is 5.41 Å². The lowest BCUT2D eigenvalue weighted by Crippen LogP contribution is -2.45. The van der Waals surface area contributed by atoms with E-state index in [9.17, 15) is 4.79 Å². The summed E-state index contributed by atoms with van der Waals surface area (Å²) in [6.07, 6.45) is 6.38. The van der Waals surface area contributed by atoms with Crippen LogP contribution in [0.15, 0.2) is 0 Å². The number of nitriles is 1. The molecule has 1 N–H and O–H groups in total. The highest BCUT2D eigenvalue weighted by molar-refractivity contribution is 5.85. The quantitative estimate of drug-likeness (QED) is 0.815. The third kappa shape index (κ3) is 3.46. The lowest BCUT2D eigenvalue weighted by Gasteiger charge is -2.31. The second-order valence-corrected chi connectivity index (χ2v) is 5.41. The van der Waals surface area contributed by atoms with Gasteiger partial charge < -0.3 is 5.32 Å². The van der Waals surface area contributed by atoms with Crippen LogP contribution in [-0.4, -0.2) is 11.9 Å². The van der Waals surface area contributed by atoms with Crippen molar-refractivity contribution < 1.29 is 4.79 Å². The van der Waals surface area contributed by atoms with Gasteiger partial charge in [-0.05, 0) is 32.1 Å². The third-order valence-electron chi connectivity index (χ3n) is 4.15. The maximum absolute atomic E-state index is 12.1. The van der Waals surface area contributed by atoms with Crippen molar-refractivity contribution in [3.05, 3.63) is 0 Å². The second kappa shape index (κ2) is 6.05. The van der Waals surface area contributed by atoms with Gasteiger partial charge in [-0.25, -0.2) is 0 Å². The van der Waals surface area contributed by atoms with E-state index in [1.807, 2.05) is 6.92 Å². The third-order valence-corrected chi connectivity index (χ3v) is 4.15. The van der Waals surface area contributed by atoms with Gasteiger partial charge in [0, 0.05) is 6.04 Å². The van der Waals surface area contributed by atoms with E-state index in [0.717, 1.165) is 18.8 Å². The first kappa shape index (κ1) is 14.0. The number of hydrogen-bond donors (Lipinski definition) is 1. The van der Waals surface area contributed by atoms with Crippen LogP contribution in [0, 0.1) is 22.7 Å². The molecule has 0 heterocycles. The Labute approximate surface area is 105 Å². The molecule has 0 spiro atoms. The Balaban J connectivity index is 2.54. The number of hydrogen-bond acceptors (Lipinski definition) is 2. The number of amides is 1. The molecule has 0 saturated heterocycles. The van der Waals surface area contributed by atoms with Gasteiger partial charge in [0.2, 0.25) is 5.91 Å². The van der Waals surface area contributed by atoms with Gasteiger partial charge in [-0.2, -0.15) is 5.26 Å². The van der Waals surface area contributed by atoms with Gasteiger partial charge in [-0.15, -0.1) is 0 Å². The zero-order valence-electron chi connectivity index (χ0n) is 11.3. The molecule has 3 nitrogen and oxygen atoms in total. The van der Waals surface area contributed by atoms with Crippen LogP contribution < -0.4 is 5.32 Å². The Morgan fingerprint density at radius 2 is 2.18 bits per heavy atom. The van der Waals surface area contributed by atoms with Gasteiger partial charge in [0.05, 0.1) is 6.07 Å². The van der Waals surface area contributed by atoms with Crippen molar-refractivity contribution in [2.45, 2.75) is 65.3 Å². The molecule has 1 amide bonds. The fourth-order valence-corrected chi connectivity index (χ4v) is 2.43. The predicted octanol–water partition coefficient (Wildman–Crippen LogP) is 3.01. The molecule has 0 aromatic rings. The summed E-state index contributed by atoms with van der Waals surface area (Å²) in [7, 11) is 0. The number of nitrogens with one attached hydrogen (secondary N) is 1. The first-order valence-electron chi connectivity index (χ1n) is 6.78. The molecule has 3 heteroatoms. The molecule has 0 bridgehead atoms. The summed E-state index contributed by atoms with van der Waals surface area (Å²) in [5.74, 6) is 0.647. The standard InChI is InChI=1S/C14H24N2O/c1-4-11-7-6-8-12(9-11)16-13(17)14(3,5-2)10-15/h11-12H,4-9H2,1-3H3,(H,16,17). The van der Waals surface area contributed by atoms with Crippen LogP contribution in [0.4, 0.5) is 0 Å². The summed E-state index contributed by atoms with van der Waals surface area (Å²) < 4.78 is 0. The normalized spacial score (nSPS) is 27.9. The van der Waals surface area contributed by atoms with Crippen LogP contribution in [0.5, 0.6) is 0 Å². The van der Waals surface area contributed by atoms with E-state index in [-0.39, 0.29) is 11.9 Å². The minimum absolute atomic E-state index is 0.0933. The molecule has 1 aliphatic carbocycles. The van der Waals surface area contributed by atoms with Crippen molar-refractivity contribution in [3.63, 3.8) is 0 Å². The average Bonchev–Trinajstić information content (AvgIpc) is 2.37. The lowest BCUT2D eigenvalue weighted by atomic mass is 9.82. The smallest absolute Gasteiger partial charge is 0.240 e. The highest BCUT2D eigenvalue weighted by Gasteiger charge is 2.33. The Morgan fingerprint density at radius 3 is 2.71 bits per heavy atom. The first-order chi connectivity index (χ1) is 8.05. The van der Waals surface area contributed by atoms with Crippen molar-refractivity contribution in [2.75, 3.05) is 0 Å². The number of carbonyl (C=O) groups is 1. The fourth-order valence-electron chi connectivity index (χ4n) is 2.43. The molecule has 96 valence electrons. The van der Waals surface area contributed by atoms with Gasteiger partial charge >= 0.3 is 0 Å². The lowest BCUT2D eigenvalue weighted by molar-refractivity contribution is -0.128. The molecule has 3 unspecified atom stereocenters. The Bertz CT molecular complexity index is 308. The minimum Gasteiger partial charge on any atom is -0.352 e. The molecule has 1 fully saturated rings. The van der Waals surface area contributed by atoms with Crippen LogP contribution in [-0.2, 0) is 4.79 Å². The highest BCUT2D eigenvalue weighted by atomic mass is 16.2. The Hall–Kier alpha value is -1.04. The molecular weight excluding hydrogens is 212 g/mol. The average molecular weight is 236 g/mol. The maximum Gasteiger partial charge on any atom is 0.240 e. The molecule has 1 saturated carbocycles. The summed E-state index contributed by atoms with van der Waals surface area (Å²) in [5, 5.41) is 12.1. The van der Waals surface area contributed by atoms with Crippen LogP contribution >= 0.6 is 0 Å². The minimum atomic E-state index is -0.862. The molecule has 3 atom stereocenters. The van der Waals surface area contributed by atoms with E-state index in [0.29, 0.717) is 6.42 Å². The number of nitrogens with zero attached hydrogens (tertiary/aromatic N) is 1. The predicted molar refractivity (Wildman–Crippen MR) is 68.2 cm³/mol. The van der Waals surface area contributed by atoms with Gasteiger partial charge in [-0.1, -0.05) is 33.1 Å². The maximum atomic E-state index is 12.1. The monoisotopic (exact) mass is 236 g/mol. The molecule has 0 aliphatic heterocycles. The number of carbonyl (C=O) groups excluding carboxylic acids is 1. The summed E-state index contributed by atoms with van der Waals surface area (Å²) in [6.45, 7) is 5.82. The zero-order valence-corrected chi connectivity index (χ0v) is 11.3. The van der Waals surface area contributed by atoms with Gasteiger partial charge in [0.25, 0.3) is 0 Å². The van der Waals surface area contributed by atoms with E-state index in [2.05, 4.69) is 18.3 Å². The van der Waals surface area contributed by atoms with Gasteiger partial charge in [0.15, 0.2) is 0 Å². The van der Waals surface area contributed by atoms with E-state index in [1.165, 1.54) is 19.3 Å². The Morgan fingerprint density at radius 1 is 1.47 bits per heavy atom. The van der Waals surface area contributed by atoms with Crippen molar-refractivity contribution in [1.82, 2.24) is 5.32 Å². The summed E-state index contributed by atoms with van der Waals surface area (Å²) in [6, 6.07) is 2.41. The molecule has 17 heavy (non-hydrogen) atoms. The summed E-state index contributed by atoms with van der Waals surface area (Å²) in [5.41, 5.74) is -0.862. The second-order valence-electron chi connectivity index (χ2n) is 5.41. The molecular formula is C14H24N2O. The van der Waals surface area contributed by atoms with Crippen LogP contribution in [0.2, 0.25) is 0 Å². The SMILES string of the molecule is CCC1CCCC(NC(=O)C(C)(C#N)CC)C1. The van der Waals surface area contributed by atoms with E-state index in [4.69, 9.17) is 5.26 Å². The van der Waals surface area contributed by atoms with Crippen molar-refractivity contribution in [1.29, 1.82) is 5.26 Å². The van der Waals surface area contributed by atoms with Gasteiger partial charge in [0.1, 0.15) is 5.41 Å². The number of rotatable bonds is 4. The van der Waals surface area contributed by atoms with Crippen LogP contribution in [0.3, 0.4) is 0 Å². The first-order valence-corrected chi connectivity index (χ1v) is 6.78. The topological polar surface area (TPSA) is 52.9 Å². The van der Waals surface area contributed by atoms with Crippen molar-refractivity contribution in [2.24, 2.45) is 11.3 Å². The van der Waals surface area contributed by atoms with Gasteiger partial charge in [-0.3, -0.25) is 4.79 Å². The largest absolute Gasteiger partial charge is 0.352 e. The van der Waals surface area contributed by atoms with Crippen molar-refractivity contribution >= 4 is 5.91 Å². The summed E-state index contributed by atoms with van der Waals surface area (Å²) in [4.78, 5) is 12.1. The highest BCUT2D eigenvalue weighted by Crippen LogP contribution is 2.28. The Kier molecular flexibility index (Phi) is 4.99. The van der Waals surface area contributed by atoms with E-state index in [1.54, 1.807) is 6.92 Å². The summed E-state index contributed by atoms with van der Waals surface area (Å²) >= 11 is 0. The molecule has 1 rings (SSSR count). The van der Waals surface area contributed by atoms with E-state index >= 15 is 0 Å². The molecule has 0 aromatic heterocycles. The zero-order chi connectivity index (χ0) is 12.9. The molecule has 0 radical (unpaired) electrons. The van der Waals surface area contributed by atoms with Crippen LogP contribution in [0.25, 0.3) is 0 Å². The van der Waals surface area contributed by atoms with Crippen molar-refractivity contribution in [3.8, 4) is 6.07 Å². The fraction of sp³-hybridized carbons (Fsp3) is 0.857. The van der Waals surface area contributed by atoms with Crippen LogP contribution in [0.1, 0.15) is 59.3 Å². The molecule has 1 aliphatic rings. The molecule has 0 aromatic carbocycles.